The largest absolute Gasteiger partial charge is 0.323 e. The van der Waals surface area contributed by atoms with Crippen molar-refractivity contribution in [1.29, 1.82) is 0 Å². The van der Waals surface area contributed by atoms with Crippen molar-refractivity contribution in [2.45, 2.75) is 25.6 Å². The van der Waals surface area contributed by atoms with Crippen molar-refractivity contribution in [3.63, 3.8) is 0 Å². The minimum atomic E-state index is -0.941. The standard InChI is InChI=1S/C17H21NOS/c1-13-8-9-14(2)16(10-13)17(18)12-20(19)11-15-6-4-3-5-7-15/h3-10,17H,11-12,18H2,1-2H3. The van der Waals surface area contributed by atoms with E-state index in [1.165, 1.54) is 11.1 Å². The number of nitrogens with two attached hydrogens (primary N) is 1. The van der Waals surface area contributed by atoms with Crippen molar-refractivity contribution in [2.24, 2.45) is 5.73 Å². The number of benzene rings is 2. The molecule has 0 aliphatic carbocycles. The highest BCUT2D eigenvalue weighted by Crippen LogP contribution is 2.19. The van der Waals surface area contributed by atoms with E-state index in [0.29, 0.717) is 11.5 Å². The first-order valence-corrected chi connectivity index (χ1v) is 8.26. The summed E-state index contributed by atoms with van der Waals surface area (Å²) in [6.45, 7) is 4.10. The molecule has 2 nitrogen and oxygen atoms in total. The summed E-state index contributed by atoms with van der Waals surface area (Å²) in [6.07, 6.45) is 0. The zero-order valence-electron chi connectivity index (χ0n) is 12.0. The van der Waals surface area contributed by atoms with E-state index in [2.05, 4.69) is 32.0 Å². The lowest BCUT2D eigenvalue weighted by Gasteiger charge is -2.15. The first-order valence-electron chi connectivity index (χ1n) is 6.78. The maximum Gasteiger partial charge on any atom is 0.0486 e. The third-order valence-electron chi connectivity index (χ3n) is 3.37. The van der Waals surface area contributed by atoms with Gasteiger partial charge < -0.3 is 5.73 Å². The molecule has 0 radical (unpaired) electrons. The van der Waals surface area contributed by atoms with Crippen LogP contribution in [0, 0.1) is 13.8 Å². The molecule has 0 heterocycles. The molecule has 2 atom stereocenters. The van der Waals surface area contributed by atoms with Crippen LogP contribution < -0.4 is 5.73 Å². The Balaban J connectivity index is 2.02. The Morgan fingerprint density at radius 3 is 2.50 bits per heavy atom. The number of hydrogen-bond donors (Lipinski definition) is 1. The summed E-state index contributed by atoms with van der Waals surface area (Å²) in [4.78, 5) is 0. The summed E-state index contributed by atoms with van der Waals surface area (Å²) in [5.41, 5.74) is 10.8. The molecule has 106 valence electrons. The summed E-state index contributed by atoms with van der Waals surface area (Å²) in [5, 5.41) is 0. The van der Waals surface area contributed by atoms with Crippen LogP contribution in [-0.2, 0) is 16.6 Å². The van der Waals surface area contributed by atoms with Crippen LogP contribution in [0.4, 0.5) is 0 Å². The fourth-order valence-electron chi connectivity index (χ4n) is 2.27. The first-order chi connectivity index (χ1) is 9.56. The Morgan fingerprint density at radius 2 is 1.80 bits per heavy atom. The van der Waals surface area contributed by atoms with Crippen LogP contribution in [0.25, 0.3) is 0 Å². The van der Waals surface area contributed by atoms with Crippen molar-refractivity contribution in [1.82, 2.24) is 0 Å². The second-order valence-corrected chi connectivity index (χ2v) is 6.70. The van der Waals surface area contributed by atoms with Gasteiger partial charge >= 0.3 is 0 Å². The van der Waals surface area contributed by atoms with Gasteiger partial charge in [-0.25, -0.2) is 0 Å². The van der Waals surface area contributed by atoms with Gasteiger partial charge in [-0.15, -0.1) is 0 Å². The van der Waals surface area contributed by atoms with E-state index in [-0.39, 0.29) is 6.04 Å². The predicted molar refractivity (Wildman–Crippen MR) is 86.0 cm³/mol. The lowest BCUT2D eigenvalue weighted by Crippen LogP contribution is -2.20. The van der Waals surface area contributed by atoms with Gasteiger partial charge in [0.2, 0.25) is 0 Å². The van der Waals surface area contributed by atoms with E-state index in [1.54, 1.807) is 0 Å². The molecule has 0 aromatic heterocycles. The lowest BCUT2D eigenvalue weighted by atomic mass is 10.0. The van der Waals surface area contributed by atoms with E-state index in [4.69, 9.17) is 5.73 Å². The monoisotopic (exact) mass is 287 g/mol. The topological polar surface area (TPSA) is 43.1 Å². The summed E-state index contributed by atoms with van der Waals surface area (Å²) >= 11 is 0. The van der Waals surface area contributed by atoms with Crippen LogP contribution in [0.3, 0.4) is 0 Å². The van der Waals surface area contributed by atoms with Crippen molar-refractivity contribution < 1.29 is 4.21 Å². The Hall–Kier alpha value is -1.45. The molecule has 0 amide bonds. The van der Waals surface area contributed by atoms with E-state index >= 15 is 0 Å². The van der Waals surface area contributed by atoms with Crippen LogP contribution in [0.1, 0.15) is 28.3 Å². The second kappa shape index (κ2) is 6.82. The van der Waals surface area contributed by atoms with Crippen LogP contribution in [0.2, 0.25) is 0 Å². The highest BCUT2D eigenvalue weighted by atomic mass is 32.2. The minimum Gasteiger partial charge on any atom is -0.323 e. The Bertz CT molecular complexity index is 595. The van der Waals surface area contributed by atoms with Crippen molar-refractivity contribution in [2.75, 3.05) is 5.75 Å². The molecule has 0 saturated carbocycles. The van der Waals surface area contributed by atoms with Gasteiger partial charge in [-0.3, -0.25) is 4.21 Å². The van der Waals surface area contributed by atoms with Crippen molar-refractivity contribution in [3.05, 3.63) is 70.8 Å². The molecule has 0 aliphatic heterocycles. The summed E-state index contributed by atoms with van der Waals surface area (Å²) in [6, 6.07) is 16.0. The number of rotatable bonds is 5. The van der Waals surface area contributed by atoms with Crippen LogP contribution in [0.5, 0.6) is 0 Å². The fraction of sp³-hybridized carbons (Fsp3) is 0.294. The van der Waals surface area contributed by atoms with Crippen molar-refractivity contribution in [3.8, 4) is 0 Å². The fourth-order valence-corrected chi connectivity index (χ4v) is 3.53. The highest BCUT2D eigenvalue weighted by Gasteiger charge is 2.13. The molecule has 2 rings (SSSR count). The molecule has 0 bridgehead atoms. The summed E-state index contributed by atoms with van der Waals surface area (Å²) in [7, 11) is -0.941. The average molecular weight is 287 g/mol. The van der Waals surface area contributed by atoms with Crippen LogP contribution in [-0.4, -0.2) is 9.96 Å². The van der Waals surface area contributed by atoms with E-state index in [1.807, 2.05) is 30.3 Å². The molecule has 0 saturated heterocycles. The maximum absolute atomic E-state index is 12.2. The average Bonchev–Trinajstić information content (AvgIpc) is 2.42. The number of hydrogen-bond acceptors (Lipinski definition) is 2. The van der Waals surface area contributed by atoms with Gasteiger partial charge in [-0.1, -0.05) is 54.1 Å². The predicted octanol–water partition coefficient (Wildman–Crippen LogP) is 3.25. The molecule has 0 fully saturated rings. The van der Waals surface area contributed by atoms with Gasteiger partial charge in [-0.2, -0.15) is 0 Å². The lowest BCUT2D eigenvalue weighted by molar-refractivity contribution is 0.674. The van der Waals surface area contributed by atoms with Gasteiger partial charge in [0.05, 0.1) is 0 Å². The molecule has 2 N–H and O–H groups in total. The zero-order valence-corrected chi connectivity index (χ0v) is 12.8. The second-order valence-electron chi connectivity index (χ2n) is 5.20. The zero-order chi connectivity index (χ0) is 14.5. The molecule has 2 aromatic rings. The third-order valence-corrected chi connectivity index (χ3v) is 4.76. The Morgan fingerprint density at radius 1 is 1.10 bits per heavy atom. The molecule has 0 spiro atoms. The quantitative estimate of drug-likeness (QED) is 0.917. The molecule has 2 unspecified atom stereocenters. The highest BCUT2D eigenvalue weighted by molar-refractivity contribution is 7.84. The van der Waals surface area contributed by atoms with Crippen LogP contribution >= 0.6 is 0 Å². The third kappa shape index (κ3) is 4.02. The van der Waals surface area contributed by atoms with Crippen molar-refractivity contribution >= 4 is 10.8 Å². The van der Waals surface area contributed by atoms with Crippen LogP contribution in [0.15, 0.2) is 48.5 Å². The number of aryl methyl sites for hydroxylation is 2. The first kappa shape index (κ1) is 14.9. The normalized spacial score (nSPS) is 13.9. The molecular weight excluding hydrogens is 266 g/mol. The molecule has 0 aliphatic rings. The summed E-state index contributed by atoms with van der Waals surface area (Å²) in [5.74, 6) is 1.07. The Kier molecular flexibility index (Phi) is 5.10. The smallest absolute Gasteiger partial charge is 0.0486 e. The van der Waals surface area contributed by atoms with E-state index in [9.17, 15) is 4.21 Å². The van der Waals surface area contributed by atoms with Gasteiger partial charge in [0.15, 0.2) is 0 Å². The molecule has 3 heteroatoms. The SMILES string of the molecule is Cc1ccc(C)c(C(N)CS(=O)Cc2ccccc2)c1. The minimum absolute atomic E-state index is 0.167. The summed E-state index contributed by atoms with van der Waals surface area (Å²) < 4.78 is 12.2. The molecule has 20 heavy (non-hydrogen) atoms. The van der Waals surface area contributed by atoms with Gasteiger partial charge in [-0.05, 0) is 30.5 Å². The van der Waals surface area contributed by atoms with Gasteiger partial charge in [0, 0.05) is 28.3 Å². The molecule has 2 aromatic carbocycles. The maximum atomic E-state index is 12.2. The Labute approximate surface area is 123 Å². The van der Waals surface area contributed by atoms with Gasteiger partial charge in [0.25, 0.3) is 0 Å². The van der Waals surface area contributed by atoms with E-state index < -0.39 is 10.8 Å². The van der Waals surface area contributed by atoms with E-state index in [0.717, 1.165) is 11.1 Å². The molecular formula is C17H21NOS. The van der Waals surface area contributed by atoms with Gasteiger partial charge in [0.1, 0.15) is 0 Å².